The molecule has 0 spiro atoms. The SMILES string of the molecule is CCC[CH2][Sn]([CH2]CCC)([CH2]CCC)[c]1ccc(-c2cccnc2)s1. The molecule has 2 heterocycles. The van der Waals surface area contributed by atoms with E-state index in [-0.39, 0.29) is 0 Å². The number of pyridine rings is 1. The summed E-state index contributed by atoms with van der Waals surface area (Å²) >= 11 is -0.144. The Morgan fingerprint density at radius 1 is 0.875 bits per heavy atom. The molecule has 0 unspecified atom stereocenters. The Hall–Kier alpha value is -0.351. The van der Waals surface area contributed by atoms with Crippen molar-refractivity contribution in [3.05, 3.63) is 36.7 Å². The van der Waals surface area contributed by atoms with Crippen LogP contribution >= 0.6 is 11.3 Å². The van der Waals surface area contributed by atoms with Crippen molar-refractivity contribution in [2.75, 3.05) is 0 Å². The van der Waals surface area contributed by atoms with Gasteiger partial charge in [0.25, 0.3) is 0 Å². The molecule has 132 valence electrons. The van der Waals surface area contributed by atoms with Crippen LogP contribution in [0.3, 0.4) is 0 Å². The van der Waals surface area contributed by atoms with Crippen LogP contribution in [0.5, 0.6) is 0 Å². The minimum atomic E-state index is -2.24. The fourth-order valence-corrected chi connectivity index (χ4v) is 23.7. The predicted octanol–water partition coefficient (Wildman–Crippen LogP) is 6.87. The maximum atomic E-state index is 4.31. The summed E-state index contributed by atoms with van der Waals surface area (Å²) in [6.07, 6.45) is 12.2. The molecular weight excluding hydrogens is 417 g/mol. The third kappa shape index (κ3) is 5.32. The standard InChI is InChI=1S/C9H6NS.3C4H9.Sn/c1-3-8(7-10-5-1)9-4-2-6-11-9;3*1-3-4-2;/h1-5,7H;3*1,3-4H2,2H3;. The van der Waals surface area contributed by atoms with Gasteiger partial charge in [-0.05, 0) is 0 Å². The Bertz CT molecular complexity index is 557. The summed E-state index contributed by atoms with van der Waals surface area (Å²) in [5, 5.41) is 0. The molecule has 0 amide bonds. The molecule has 0 aliphatic heterocycles. The topological polar surface area (TPSA) is 12.9 Å². The summed E-state index contributed by atoms with van der Waals surface area (Å²) in [5.41, 5.74) is 1.29. The van der Waals surface area contributed by atoms with Crippen LogP contribution in [0.25, 0.3) is 10.4 Å². The summed E-state index contributed by atoms with van der Waals surface area (Å²) in [4.78, 5) is 5.73. The second kappa shape index (κ2) is 10.6. The van der Waals surface area contributed by atoms with E-state index in [0.717, 1.165) is 0 Å². The van der Waals surface area contributed by atoms with Gasteiger partial charge in [-0.15, -0.1) is 0 Å². The summed E-state index contributed by atoms with van der Waals surface area (Å²) in [6, 6.07) is 9.12. The second-order valence-electron chi connectivity index (χ2n) is 7.00. The number of rotatable bonds is 11. The van der Waals surface area contributed by atoms with Gasteiger partial charge in [-0.3, -0.25) is 0 Å². The van der Waals surface area contributed by atoms with Gasteiger partial charge < -0.3 is 0 Å². The Morgan fingerprint density at radius 3 is 2.00 bits per heavy atom. The zero-order chi connectivity index (χ0) is 17.3. The maximum absolute atomic E-state index is 4.31. The van der Waals surface area contributed by atoms with Crippen molar-refractivity contribution in [3.63, 3.8) is 0 Å². The normalized spacial score (nSPS) is 11.8. The third-order valence-electron chi connectivity index (χ3n) is 5.10. The molecule has 1 nitrogen and oxygen atoms in total. The molecule has 0 fully saturated rings. The Kier molecular flexibility index (Phi) is 8.82. The average molecular weight is 450 g/mol. The van der Waals surface area contributed by atoms with Crippen LogP contribution < -0.4 is 2.89 Å². The number of hydrogen-bond donors (Lipinski definition) is 0. The molecule has 2 rings (SSSR count). The van der Waals surface area contributed by atoms with E-state index in [1.165, 1.54) is 49.0 Å². The molecule has 0 saturated heterocycles. The second-order valence-corrected chi connectivity index (χ2v) is 22.2. The molecule has 0 aliphatic carbocycles. The Balaban J connectivity index is 2.31. The minimum absolute atomic E-state index is 1.29. The van der Waals surface area contributed by atoms with Gasteiger partial charge >= 0.3 is 157 Å². The summed E-state index contributed by atoms with van der Waals surface area (Å²) in [7, 11) is 0. The van der Waals surface area contributed by atoms with Crippen molar-refractivity contribution < 1.29 is 0 Å². The number of nitrogens with zero attached hydrogens (tertiary/aromatic N) is 1. The van der Waals surface area contributed by atoms with Gasteiger partial charge in [0, 0.05) is 0 Å². The fourth-order valence-electron chi connectivity index (χ4n) is 3.58. The third-order valence-corrected chi connectivity index (χ3v) is 24.5. The van der Waals surface area contributed by atoms with E-state index in [2.05, 4.69) is 61.4 Å². The van der Waals surface area contributed by atoms with Crippen LogP contribution in [0, 0.1) is 0 Å². The first kappa shape index (κ1) is 20.0. The van der Waals surface area contributed by atoms with Crippen LogP contribution in [-0.2, 0) is 0 Å². The van der Waals surface area contributed by atoms with Gasteiger partial charge in [0.2, 0.25) is 0 Å². The summed E-state index contributed by atoms with van der Waals surface area (Å²) in [6.45, 7) is 7.06. The van der Waals surface area contributed by atoms with Crippen molar-refractivity contribution in [3.8, 4) is 10.4 Å². The zero-order valence-corrected chi connectivity index (χ0v) is 19.4. The fraction of sp³-hybridized carbons (Fsp3) is 0.571. The van der Waals surface area contributed by atoms with Crippen LogP contribution in [-0.4, -0.2) is 23.4 Å². The van der Waals surface area contributed by atoms with E-state index in [1.807, 2.05) is 15.3 Å². The van der Waals surface area contributed by atoms with Crippen LogP contribution in [0.2, 0.25) is 13.3 Å². The van der Waals surface area contributed by atoms with E-state index in [1.54, 1.807) is 13.3 Å². The van der Waals surface area contributed by atoms with Crippen molar-refractivity contribution in [1.29, 1.82) is 0 Å². The van der Waals surface area contributed by atoms with Crippen molar-refractivity contribution in [1.82, 2.24) is 4.98 Å². The number of unbranched alkanes of at least 4 members (excludes halogenated alkanes) is 3. The molecule has 0 aliphatic rings. The molecule has 0 N–H and O–H groups in total. The number of aromatic nitrogens is 1. The molecule has 3 heteroatoms. The van der Waals surface area contributed by atoms with Crippen LogP contribution in [0.1, 0.15) is 59.3 Å². The molecule has 2 aromatic rings. The summed E-state index contributed by atoms with van der Waals surface area (Å²) < 4.78 is 6.48. The van der Waals surface area contributed by atoms with Crippen molar-refractivity contribution in [2.45, 2.75) is 72.6 Å². The molecular formula is C21H33NSSn. The first-order valence-electron chi connectivity index (χ1n) is 9.76. The summed E-state index contributed by atoms with van der Waals surface area (Å²) in [5.74, 6) is 0. The quantitative estimate of drug-likeness (QED) is 0.341. The molecule has 2 aromatic heterocycles. The molecule has 0 aromatic carbocycles. The molecule has 0 radical (unpaired) electrons. The van der Waals surface area contributed by atoms with E-state index in [9.17, 15) is 0 Å². The van der Waals surface area contributed by atoms with Gasteiger partial charge in [-0.2, -0.15) is 0 Å². The van der Waals surface area contributed by atoms with Gasteiger partial charge in [-0.1, -0.05) is 0 Å². The zero-order valence-electron chi connectivity index (χ0n) is 15.7. The van der Waals surface area contributed by atoms with Crippen molar-refractivity contribution >= 4 is 32.6 Å². The number of hydrogen-bond acceptors (Lipinski definition) is 2. The van der Waals surface area contributed by atoms with Gasteiger partial charge in [0.1, 0.15) is 0 Å². The first-order valence-corrected chi connectivity index (χ1v) is 18.1. The monoisotopic (exact) mass is 451 g/mol. The Labute approximate surface area is 156 Å². The van der Waals surface area contributed by atoms with E-state index in [4.69, 9.17) is 0 Å². The van der Waals surface area contributed by atoms with Crippen LogP contribution in [0.15, 0.2) is 36.7 Å². The van der Waals surface area contributed by atoms with E-state index in [0.29, 0.717) is 0 Å². The van der Waals surface area contributed by atoms with Crippen molar-refractivity contribution in [2.24, 2.45) is 0 Å². The molecule has 24 heavy (non-hydrogen) atoms. The van der Waals surface area contributed by atoms with Gasteiger partial charge in [0.05, 0.1) is 0 Å². The van der Waals surface area contributed by atoms with Crippen LogP contribution in [0.4, 0.5) is 0 Å². The molecule has 0 bridgehead atoms. The average Bonchev–Trinajstić information content (AvgIpc) is 3.13. The van der Waals surface area contributed by atoms with Gasteiger partial charge in [0.15, 0.2) is 0 Å². The van der Waals surface area contributed by atoms with E-state index < -0.39 is 18.4 Å². The molecule has 0 saturated carbocycles. The predicted molar refractivity (Wildman–Crippen MR) is 112 cm³/mol. The molecule has 0 atom stereocenters. The first-order chi connectivity index (χ1) is 11.8. The van der Waals surface area contributed by atoms with E-state index >= 15 is 0 Å². The number of thiophene rings is 1. The Morgan fingerprint density at radius 2 is 1.50 bits per heavy atom. The van der Waals surface area contributed by atoms with Gasteiger partial charge in [-0.25, -0.2) is 0 Å².